The molecule has 1 saturated carbocycles. The third-order valence-corrected chi connectivity index (χ3v) is 11.4. The minimum atomic E-state index is -3.96. The fourth-order valence-electron chi connectivity index (χ4n) is 7.42. The maximum atomic E-state index is 14.3. The standard InChI is InChI=1S/C34H44N4O6S/c1-36(2)45(41,42)35-33(39)23-10-12-29-30(20-23)38-21-25(34(40)37(3)26-14-16-44-17-15-26)18-24-19-27(43-4)11-13-28(24)32(38)31(29)22-8-6-5-7-9-22/h10-13,19-20,22,25-26H,5-9,14-18,21H2,1-4H3,(H,35,39). The van der Waals surface area contributed by atoms with E-state index in [2.05, 4.69) is 21.4 Å². The number of benzene rings is 2. The number of carbonyl (C=O) groups is 2. The number of aromatic nitrogens is 1. The van der Waals surface area contributed by atoms with Crippen LogP contribution in [-0.2, 0) is 32.7 Å². The first-order valence-corrected chi connectivity index (χ1v) is 17.5. The van der Waals surface area contributed by atoms with Crippen LogP contribution in [0.5, 0.6) is 5.75 Å². The number of nitrogens with one attached hydrogen (secondary N) is 1. The lowest BCUT2D eigenvalue weighted by Crippen LogP contribution is -2.44. The Labute approximate surface area is 265 Å². The average molecular weight is 637 g/mol. The van der Waals surface area contributed by atoms with E-state index >= 15 is 0 Å². The fraction of sp³-hybridized carbons (Fsp3) is 0.529. The maximum absolute atomic E-state index is 14.3. The molecule has 2 aromatic carbocycles. The Kier molecular flexibility index (Phi) is 8.96. The van der Waals surface area contributed by atoms with E-state index in [9.17, 15) is 18.0 Å². The van der Waals surface area contributed by atoms with Gasteiger partial charge in [0, 0.05) is 69.0 Å². The fourth-order valence-corrected chi connectivity index (χ4v) is 7.96. The van der Waals surface area contributed by atoms with Crippen LogP contribution >= 0.6 is 0 Å². The van der Waals surface area contributed by atoms with Crippen molar-refractivity contribution in [3.63, 3.8) is 0 Å². The van der Waals surface area contributed by atoms with E-state index in [1.165, 1.54) is 26.1 Å². The molecule has 6 rings (SSSR count). The molecule has 1 unspecified atom stereocenters. The predicted molar refractivity (Wildman–Crippen MR) is 174 cm³/mol. The van der Waals surface area contributed by atoms with Crippen LogP contribution in [0.3, 0.4) is 0 Å². The molecule has 242 valence electrons. The summed E-state index contributed by atoms with van der Waals surface area (Å²) in [5, 5.41) is 1.05. The van der Waals surface area contributed by atoms with Crippen LogP contribution in [-0.4, -0.2) is 81.5 Å². The number of ether oxygens (including phenoxy) is 2. The Morgan fingerprint density at radius 1 is 0.978 bits per heavy atom. The van der Waals surface area contributed by atoms with Gasteiger partial charge in [0.05, 0.1) is 18.7 Å². The van der Waals surface area contributed by atoms with Crippen molar-refractivity contribution in [1.82, 2.24) is 18.5 Å². The molecule has 3 aromatic rings. The van der Waals surface area contributed by atoms with Gasteiger partial charge in [-0.3, -0.25) is 9.59 Å². The summed E-state index contributed by atoms with van der Waals surface area (Å²) in [5.74, 6) is 0.161. The zero-order valence-corrected chi connectivity index (χ0v) is 27.5. The maximum Gasteiger partial charge on any atom is 0.303 e. The average Bonchev–Trinajstić information content (AvgIpc) is 3.26. The van der Waals surface area contributed by atoms with Crippen molar-refractivity contribution in [3.8, 4) is 17.0 Å². The third kappa shape index (κ3) is 6.09. The van der Waals surface area contributed by atoms with Crippen LogP contribution in [0.25, 0.3) is 22.2 Å². The highest BCUT2D eigenvalue weighted by Crippen LogP contribution is 2.47. The van der Waals surface area contributed by atoms with Gasteiger partial charge in [-0.2, -0.15) is 12.7 Å². The Bertz CT molecular complexity index is 1700. The highest BCUT2D eigenvalue weighted by molar-refractivity contribution is 7.87. The van der Waals surface area contributed by atoms with Crippen LogP contribution in [0.15, 0.2) is 36.4 Å². The minimum Gasteiger partial charge on any atom is -0.497 e. The van der Waals surface area contributed by atoms with Crippen molar-refractivity contribution in [3.05, 3.63) is 53.1 Å². The molecule has 2 fully saturated rings. The highest BCUT2D eigenvalue weighted by atomic mass is 32.2. The molecule has 0 radical (unpaired) electrons. The summed E-state index contributed by atoms with van der Waals surface area (Å²) in [5.41, 5.74) is 5.60. The van der Waals surface area contributed by atoms with Crippen LogP contribution < -0.4 is 9.46 Å². The monoisotopic (exact) mass is 636 g/mol. The lowest BCUT2D eigenvalue weighted by atomic mass is 9.81. The third-order valence-electron chi connectivity index (χ3n) is 9.95. The molecule has 2 aliphatic heterocycles. The number of hydrogen-bond donors (Lipinski definition) is 1. The molecule has 3 aliphatic rings. The molecular weight excluding hydrogens is 592 g/mol. The number of fused-ring (bicyclic) bond motifs is 5. The van der Waals surface area contributed by atoms with Gasteiger partial charge in [-0.25, -0.2) is 4.72 Å². The van der Waals surface area contributed by atoms with Gasteiger partial charge in [0.25, 0.3) is 5.91 Å². The quantitative estimate of drug-likeness (QED) is 0.402. The molecule has 3 heterocycles. The molecular formula is C34H44N4O6S. The molecule has 1 atom stereocenters. The van der Waals surface area contributed by atoms with Crippen LogP contribution in [0.4, 0.5) is 0 Å². The van der Waals surface area contributed by atoms with E-state index < -0.39 is 16.1 Å². The van der Waals surface area contributed by atoms with E-state index in [0.717, 1.165) is 76.3 Å². The van der Waals surface area contributed by atoms with Crippen molar-refractivity contribution in [2.75, 3.05) is 41.5 Å². The van der Waals surface area contributed by atoms with E-state index in [1.54, 1.807) is 19.2 Å². The van der Waals surface area contributed by atoms with Gasteiger partial charge in [0.2, 0.25) is 5.91 Å². The number of carbonyl (C=O) groups excluding carboxylic acids is 2. The summed E-state index contributed by atoms with van der Waals surface area (Å²) in [4.78, 5) is 29.4. The normalized spacial score (nSPS) is 19.5. The number of amides is 2. The zero-order chi connectivity index (χ0) is 31.9. The molecule has 1 N–H and O–H groups in total. The first-order valence-electron chi connectivity index (χ1n) is 16.0. The van der Waals surface area contributed by atoms with E-state index in [4.69, 9.17) is 9.47 Å². The molecule has 2 amide bonds. The summed E-state index contributed by atoms with van der Waals surface area (Å²) in [6, 6.07) is 11.8. The Balaban J connectivity index is 1.52. The Morgan fingerprint density at radius 3 is 2.40 bits per heavy atom. The smallest absolute Gasteiger partial charge is 0.303 e. The molecule has 1 aromatic heterocycles. The van der Waals surface area contributed by atoms with Gasteiger partial charge in [-0.1, -0.05) is 25.3 Å². The minimum absolute atomic E-state index is 0.0931. The summed E-state index contributed by atoms with van der Waals surface area (Å²) < 4.78 is 41.6. The van der Waals surface area contributed by atoms with E-state index in [1.807, 2.05) is 24.1 Å². The lowest BCUT2D eigenvalue weighted by molar-refractivity contribution is -0.138. The molecule has 0 spiro atoms. The van der Waals surface area contributed by atoms with E-state index in [0.29, 0.717) is 32.1 Å². The molecule has 10 nitrogen and oxygen atoms in total. The summed E-state index contributed by atoms with van der Waals surface area (Å²) in [6.45, 7) is 1.75. The van der Waals surface area contributed by atoms with Crippen molar-refractivity contribution in [2.45, 2.75) is 69.9 Å². The molecule has 1 saturated heterocycles. The molecule has 11 heteroatoms. The molecule has 0 bridgehead atoms. The topological polar surface area (TPSA) is 110 Å². The van der Waals surface area contributed by atoms with Gasteiger partial charge in [-0.05, 0) is 79.5 Å². The number of rotatable bonds is 7. The zero-order valence-electron chi connectivity index (χ0n) is 26.7. The van der Waals surface area contributed by atoms with Gasteiger partial charge in [0.1, 0.15) is 5.75 Å². The van der Waals surface area contributed by atoms with Crippen LogP contribution in [0, 0.1) is 5.92 Å². The Hall–Kier alpha value is -3.41. The molecule has 45 heavy (non-hydrogen) atoms. The first kappa shape index (κ1) is 31.6. The van der Waals surface area contributed by atoms with Crippen molar-refractivity contribution < 1.29 is 27.5 Å². The van der Waals surface area contributed by atoms with Gasteiger partial charge < -0.3 is 18.9 Å². The van der Waals surface area contributed by atoms with E-state index in [-0.39, 0.29) is 23.4 Å². The SMILES string of the molecule is COc1ccc2c(c1)CC(C(=O)N(C)C1CCOCC1)Cn1c-2c(C2CCCCC2)c2ccc(C(=O)NS(=O)(=O)N(C)C)cc21. The highest BCUT2D eigenvalue weighted by Gasteiger charge is 2.36. The number of nitrogens with zero attached hydrogens (tertiary/aromatic N) is 3. The van der Waals surface area contributed by atoms with Gasteiger partial charge in [0.15, 0.2) is 0 Å². The molecule has 1 aliphatic carbocycles. The Morgan fingerprint density at radius 2 is 1.71 bits per heavy atom. The second-order valence-electron chi connectivity index (χ2n) is 12.9. The number of hydrogen-bond acceptors (Lipinski definition) is 6. The second kappa shape index (κ2) is 12.8. The predicted octanol–water partition coefficient (Wildman–Crippen LogP) is 4.71. The summed E-state index contributed by atoms with van der Waals surface area (Å²) >= 11 is 0. The van der Waals surface area contributed by atoms with Gasteiger partial charge in [-0.15, -0.1) is 0 Å². The summed E-state index contributed by atoms with van der Waals surface area (Å²) in [7, 11) is 2.36. The van der Waals surface area contributed by atoms with Crippen molar-refractivity contribution in [1.29, 1.82) is 0 Å². The first-order chi connectivity index (χ1) is 21.6. The van der Waals surface area contributed by atoms with Gasteiger partial charge >= 0.3 is 10.2 Å². The van der Waals surface area contributed by atoms with Crippen LogP contribution in [0.2, 0.25) is 0 Å². The van der Waals surface area contributed by atoms with Crippen molar-refractivity contribution in [2.24, 2.45) is 5.92 Å². The largest absolute Gasteiger partial charge is 0.497 e. The lowest BCUT2D eigenvalue weighted by Gasteiger charge is -2.33. The number of methoxy groups -OCH3 is 1. The summed E-state index contributed by atoms with van der Waals surface area (Å²) in [6.07, 6.45) is 7.89. The van der Waals surface area contributed by atoms with Crippen molar-refractivity contribution >= 4 is 32.9 Å². The second-order valence-corrected chi connectivity index (χ2v) is 14.8. The van der Waals surface area contributed by atoms with Crippen LogP contribution in [0.1, 0.15) is 72.3 Å².